The van der Waals surface area contributed by atoms with Gasteiger partial charge in [-0.25, -0.2) is 9.98 Å². The number of aryl methyl sites for hydroxylation is 1. The van der Waals surface area contributed by atoms with Gasteiger partial charge in [0.1, 0.15) is 5.82 Å². The van der Waals surface area contributed by atoms with E-state index in [0.717, 1.165) is 22.4 Å². The summed E-state index contributed by atoms with van der Waals surface area (Å²) in [6.45, 7) is 4.88. The van der Waals surface area contributed by atoms with Crippen LogP contribution in [0.15, 0.2) is 15.5 Å². The number of hydrogen-bond donors (Lipinski definition) is 1. The van der Waals surface area contributed by atoms with E-state index in [1.165, 1.54) is 0 Å². The van der Waals surface area contributed by atoms with E-state index in [1.54, 1.807) is 6.34 Å². The number of nitrogen functional groups attached to an aromatic ring is 1. The Morgan fingerprint density at radius 2 is 2.33 bits per heavy atom. The second-order valence-electron chi connectivity index (χ2n) is 3.28. The molecule has 0 spiro atoms. The van der Waals surface area contributed by atoms with E-state index >= 15 is 0 Å². The Labute approximate surface area is 98.3 Å². The van der Waals surface area contributed by atoms with Crippen LogP contribution in [0.4, 0.5) is 11.5 Å². The summed E-state index contributed by atoms with van der Waals surface area (Å²) in [4.78, 5) is 10.5. The van der Waals surface area contributed by atoms with Crippen LogP contribution in [0.25, 0.3) is 0 Å². The molecule has 2 N–H and O–H groups in total. The van der Waals surface area contributed by atoms with Crippen molar-refractivity contribution in [3.8, 4) is 0 Å². The van der Waals surface area contributed by atoms with Gasteiger partial charge in [0.05, 0.1) is 22.2 Å². The summed E-state index contributed by atoms with van der Waals surface area (Å²) in [7, 11) is 1.97. The van der Waals surface area contributed by atoms with Crippen LogP contribution >= 0.6 is 15.9 Å². The third-order valence-electron chi connectivity index (χ3n) is 2.06. The molecule has 5 heteroatoms. The van der Waals surface area contributed by atoms with E-state index in [9.17, 15) is 0 Å². The highest BCUT2D eigenvalue weighted by Gasteiger charge is 2.03. The molecule has 0 radical (unpaired) electrons. The Morgan fingerprint density at radius 3 is 2.93 bits per heavy atom. The van der Waals surface area contributed by atoms with Crippen LogP contribution in [0.3, 0.4) is 0 Å². The lowest BCUT2D eigenvalue weighted by Gasteiger charge is -2.09. The summed E-state index contributed by atoms with van der Waals surface area (Å²) < 4.78 is 0.777. The van der Waals surface area contributed by atoms with Gasteiger partial charge in [0.25, 0.3) is 0 Å². The van der Waals surface area contributed by atoms with Crippen LogP contribution in [0.2, 0.25) is 0 Å². The lowest BCUT2D eigenvalue weighted by molar-refractivity contribution is 0.552. The summed E-state index contributed by atoms with van der Waals surface area (Å²) in [6.07, 6.45) is 1.78. The van der Waals surface area contributed by atoms with Gasteiger partial charge in [-0.15, -0.1) is 0 Å². The Hall–Kier alpha value is -1.10. The van der Waals surface area contributed by atoms with Crippen molar-refractivity contribution in [1.29, 1.82) is 0 Å². The molecule has 1 heterocycles. The van der Waals surface area contributed by atoms with Gasteiger partial charge in [0, 0.05) is 13.6 Å². The summed E-state index contributed by atoms with van der Waals surface area (Å²) in [5.41, 5.74) is 7.31. The number of hydrogen-bond acceptors (Lipinski definition) is 3. The Kier molecular flexibility index (Phi) is 4.08. The van der Waals surface area contributed by atoms with Crippen LogP contribution in [-0.2, 0) is 0 Å². The fourth-order valence-electron chi connectivity index (χ4n) is 0.963. The van der Waals surface area contributed by atoms with Gasteiger partial charge < -0.3 is 10.6 Å². The standard InChI is InChI=1S/C10H15BrN4/c1-4-15(3)6-13-9-5-8(11)10(12)14-7(9)2/h5-6H,4H2,1-3H3,(H2,12,14). The molecular weight excluding hydrogens is 256 g/mol. The summed E-state index contributed by atoms with van der Waals surface area (Å²) in [6, 6.07) is 1.87. The molecule has 1 rings (SSSR count). The van der Waals surface area contributed by atoms with Gasteiger partial charge in [-0.3, -0.25) is 0 Å². The number of nitrogens with zero attached hydrogens (tertiary/aromatic N) is 3. The van der Waals surface area contributed by atoms with Crippen LogP contribution in [-0.4, -0.2) is 29.8 Å². The zero-order valence-corrected chi connectivity index (χ0v) is 10.7. The van der Waals surface area contributed by atoms with E-state index in [2.05, 4.69) is 32.8 Å². The summed E-state index contributed by atoms with van der Waals surface area (Å²) in [5, 5.41) is 0. The lowest BCUT2D eigenvalue weighted by atomic mass is 10.3. The van der Waals surface area contributed by atoms with Crippen LogP contribution in [0.1, 0.15) is 12.6 Å². The maximum absolute atomic E-state index is 5.65. The van der Waals surface area contributed by atoms with E-state index in [-0.39, 0.29) is 0 Å². The molecular formula is C10H15BrN4. The monoisotopic (exact) mass is 270 g/mol. The van der Waals surface area contributed by atoms with Crippen molar-refractivity contribution in [2.24, 2.45) is 4.99 Å². The maximum atomic E-state index is 5.65. The van der Waals surface area contributed by atoms with Gasteiger partial charge in [-0.1, -0.05) is 0 Å². The predicted molar refractivity (Wildman–Crippen MR) is 67.5 cm³/mol. The first kappa shape index (κ1) is 12.0. The van der Waals surface area contributed by atoms with Crippen molar-refractivity contribution < 1.29 is 0 Å². The summed E-state index contributed by atoms with van der Waals surface area (Å²) >= 11 is 3.33. The Morgan fingerprint density at radius 1 is 1.67 bits per heavy atom. The number of halogens is 1. The molecule has 0 aliphatic rings. The van der Waals surface area contributed by atoms with Crippen molar-refractivity contribution >= 4 is 33.8 Å². The molecule has 0 saturated carbocycles. The molecule has 0 amide bonds. The molecule has 0 unspecified atom stereocenters. The lowest BCUT2D eigenvalue weighted by Crippen LogP contribution is -2.14. The normalized spacial score (nSPS) is 10.9. The zero-order valence-electron chi connectivity index (χ0n) is 9.16. The van der Waals surface area contributed by atoms with Gasteiger partial charge in [0.2, 0.25) is 0 Å². The van der Waals surface area contributed by atoms with E-state index in [4.69, 9.17) is 5.73 Å². The first-order chi connectivity index (χ1) is 7.04. The number of nitrogens with two attached hydrogens (primary N) is 1. The molecule has 0 fully saturated rings. The molecule has 15 heavy (non-hydrogen) atoms. The Bertz CT molecular complexity index is 376. The highest BCUT2D eigenvalue weighted by Crippen LogP contribution is 2.25. The fraction of sp³-hybridized carbons (Fsp3) is 0.400. The second kappa shape index (κ2) is 5.11. The number of aromatic nitrogens is 1. The molecule has 1 aromatic heterocycles. The van der Waals surface area contributed by atoms with Gasteiger partial charge in [0.15, 0.2) is 0 Å². The number of pyridine rings is 1. The first-order valence-electron chi connectivity index (χ1n) is 4.71. The molecule has 0 atom stereocenters. The predicted octanol–water partition coefficient (Wildman–Crippen LogP) is 2.35. The number of anilines is 1. The maximum Gasteiger partial charge on any atom is 0.138 e. The number of rotatable bonds is 3. The smallest absolute Gasteiger partial charge is 0.138 e. The minimum absolute atomic E-state index is 0.496. The Balaban J connectivity index is 2.95. The highest BCUT2D eigenvalue weighted by atomic mass is 79.9. The molecule has 1 aromatic rings. The molecule has 82 valence electrons. The van der Waals surface area contributed by atoms with E-state index < -0.39 is 0 Å². The molecule has 4 nitrogen and oxygen atoms in total. The average molecular weight is 271 g/mol. The largest absolute Gasteiger partial charge is 0.383 e. The molecule has 0 aliphatic heterocycles. The molecule has 0 bridgehead atoms. The topological polar surface area (TPSA) is 54.5 Å². The molecule has 0 saturated heterocycles. The van der Waals surface area contributed by atoms with Gasteiger partial charge in [-0.05, 0) is 35.8 Å². The molecule has 0 aliphatic carbocycles. The fourth-order valence-corrected chi connectivity index (χ4v) is 1.27. The van der Waals surface area contributed by atoms with Crippen LogP contribution in [0.5, 0.6) is 0 Å². The average Bonchev–Trinajstić information content (AvgIpc) is 2.21. The zero-order chi connectivity index (χ0) is 11.4. The van der Waals surface area contributed by atoms with Gasteiger partial charge in [-0.2, -0.15) is 0 Å². The van der Waals surface area contributed by atoms with Crippen molar-refractivity contribution in [2.75, 3.05) is 19.3 Å². The van der Waals surface area contributed by atoms with Crippen molar-refractivity contribution in [2.45, 2.75) is 13.8 Å². The van der Waals surface area contributed by atoms with E-state index in [0.29, 0.717) is 5.82 Å². The van der Waals surface area contributed by atoms with Gasteiger partial charge >= 0.3 is 0 Å². The number of aliphatic imine (C=N–C) groups is 1. The van der Waals surface area contributed by atoms with Crippen molar-refractivity contribution in [3.63, 3.8) is 0 Å². The first-order valence-corrected chi connectivity index (χ1v) is 5.51. The SMILES string of the molecule is CCN(C)C=Nc1cc(Br)c(N)nc1C. The minimum atomic E-state index is 0.496. The van der Waals surface area contributed by atoms with Crippen molar-refractivity contribution in [3.05, 3.63) is 16.2 Å². The summed E-state index contributed by atoms with van der Waals surface area (Å²) in [5.74, 6) is 0.496. The quantitative estimate of drug-likeness (QED) is 0.678. The third-order valence-corrected chi connectivity index (χ3v) is 2.69. The van der Waals surface area contributed by atoms with Crippen LogP contribution < -0.4 is 5.73 Å². The second-order valence-corrected chi connectivity index (χ2v) is 4.13. The third kappa shape index (κ3) is 3.20. The minimum Gasteiger partial charge on any atom is -0.383 e. The van der Waals surface area contributed by atoms with Crippen molar-refractivity contribution in [1.82, 2.24) is 9.88 Å². The molecule has 0 aromatic carbocycles. The highest BCUT2D eigenvalue weighted by molar-refractivity contribution is 9.10. The van der Waals surface area contributed by atoms with E-state index in [1.807, 2.05) is 24.9 Å². The van der Waals surface area contributed by atoms with Crippen LogP contribution in [0, 0.1) is 6.92 Å².